The van der Waals surface area contributed by atoms with E-state index in [-0.39, 0.29) is 10.7 Å². The number of aromatic nitrogens is 3. The summed E-state index contributed by atoms with van der Waals surface area (Å²) in [6.07, 6.45) is 0. The van der Waals surface area contributed by atoms with Crippen LogP contribution in [0.2, 0.25) is 0 Å². The van der Waals surface area contributed by atoms with Crippen molar-refractivity contribution in [3.8, 4) is 0 Å². The van der Waals surface area contributed by atoms with E-state index in [0.717, 1.165) is 11.8 Å². The summed E-state index contributed by atoms with van der Waals surface area (Å²) in [5.74, 6) is -1.09. The lowest BCUT2D eigenvalue weighted by Gasteiger charge is -2.08. The Morgan fingerprint density at radius 2 is 2.15 bits per heavy atom. The molecule has 0 radical (unpaired) electrons. The SMILES string of the molecule is Cn1[nH]c(=O)c(=O)nc1Sc1ccc(Br)cc1C(=O)O. The van der Waals surface area contributed by atoms with Gasteiger partial charge in [-0.15, -0.1) is 0 Å². The number of carboxylic acid groups (broad SMARTS) is 1. The van der Waals surface area contributed by atoms with Crippen LogP contribution in [0, 0.1) is 0 Å². The minimum atomic E-state index is -1.09. The fourth-order valence-corrected chi connectivity index (χ4v) is 2.67. The molecule has 7 nitrogen and oxygen atoms in total. The van der Waals surface area contributed by atoms with E-state index in [0.29, 0.717) is 9.37 Å². The Hall–Kier alpha value is -1.87. The summed E-state index contributed by atoms with van der Waals surface area (Å²) in [7, 11) is 1.51. The predicted molar refractivity (Wildman–Crippen MR) is 75.3 cm³/mol. The van der Waals surface area contributed by atoms with Gasteiger partial charge in [0.25, 0.3) is 0 Å². The molecule has 0 amide bonds. The number of nitrogens with one attached hydrogen (secondary N) is 1. The standard InChI is InChI=1S/C11H8BrN3O4S/c1-15-11(13-8(16)9(17)14-15)20-7-3-2-5(12)4-6(7)10(18)19/h2-4H,1H3,(H,14,17)(H,18,19). The molecule has 0 aliphatic heterocycles. The second-order valence-electron chi connectivity index (χ2n) is 3.75. The molecule has 0 saturated heterocycles. The number of aromatic carboxylic acids is 1. The molecule has 0 unspecified atom stereocenters. The molecule has 0 aliphatic rings. The number of hydrogen-bond donors (Lipinski definition) is 2. The first-order chi connectivity index (χ1) is 9.38. The monoisotopic (exact) mass is 357 g/mol. The van der Waals surface area contributed by atoms with Crippen molar-refractivity contribution >= 4 is 33.7 Å². The summed E-state index contributed by atoms with van der Waals surface area (Å²) in [5.41, 5.74) is -1.67. The minimum Gasteiger partial charge on any atom is -0.478 e. The lowest BCUT2D eigenvalue weighted by molar-refractivity contribution is 0.0693. The van der Waals surface area contributed by atoms with Crippen LogP contribution < -0.4 is 11.1 Å². The number of aromatic amines is 1. The zero-order valence-corrected chi connectivity index (χ0v) is 12.5. The van der Waals surface area contributed by atoms with Crippen molar-refractivity contribution in [3.63, 3.8) is 0 Å². The zero-order chi connectivity index (χ0) is 14.9. The normalized spacial score (nSPS) is 10.5. The highest BCUT2D eigenvalue weighted by Crippen LogP contribution is 2.29. The highest BCUT2D eigenvalue weighted by atomic mass is 79.9. The van der Waals surface area contributed by atoms with Gasteiger partial charge in [0.15, 0.2) is 5.16 Å². The summed E-state index contributed by atoms with van der Waals surface area (Å²) in [6.45, 7) is 0. The van der Waals surface area contributed by atoms with Crippen molar-refractivity contribution in [1.82, 2.24) is 14.8 Å². The van der Waals surface area contributed by atoms with Crippen LogP contribution in [-0.2, 0) is 7.05 Å². The summed E-state index contributed by atoms with van der Waals surface area (Å²) in [4.78, 5) is 37.6. The van der Waals surface area contributed by atoms with Gasteiger partial charge in [0.1, 0.15) is 0 Å². The average molecular weight is 358 g/mol. The maximum atomic E-state index is 11.2. The van der Waals surface area contributed by atoms with Crippen LogP contribution in [0.4, 0.5) is 0 Å². The average Bonchev–Trinajstić information content (AvgIpc) is 2.37. The van der Waals surface area contributed by atoms with Gasteiger partial charge in [-0.25, -0.2) is 4.79 Å². The molecule has 0 saturated carbocycles. The van der Waals surface area contributed by atoms with E-state index in [2.05, 4.69) is 26.0 Å². The van der Waals surface area contributed by atoms with Crippen LogP contribution in [0.1, 0.15) is 10.4 Å². The Balaban J connectivity index is 2.50. The first-order valence-electron chi connectivity index (χ1n) is 5.26. The number of halogens is 1. The van der Waals surface area contributed by atoms with E-state index >= 15 is 0 Å². The molecular formula is C11H8BrN3O4S. The fraction of sp³-hybridized carbons (Fsp3) is 0.0909. The molecule has 9 heteroatoms. The van der Waals surface area contributed by atoms with Crippen molar-refractivity contribution in [2.75, 3.05) is 0 Å². The van der Waals surface area contributed by atoms with Crippen LogP contribution in [0.25, 0.3) is 0 Å². The Morgan fingerprint density at radius 1 is 1.45 bits per heavy atom. The third-order valence-corrected chi connectivity index (χ3v) is 3.94. The third-order valence-electron chi connectivity index (χ3n) is 2.32. The zero-order valence-electron chi connectivity index (χ0n) is 10.1. The van der Waals surface area contributed by atoms with Gasteiger partial charge in [-0.3, -0.25) is 19.4 Å². The van der Waals surface area contributed by atoms with Gasteiger partial charge in [0.2, 0.25) is 0 Å². The van der Waals surface area contributed by atoms with Crippen LogP contribution in [0.15, 0.2) is 42.3 Å². The van der Waals surface area contributed by atoms with Crippen LogP contribution in [-0.4, -0.2) is 25.8 Å². The Morgan fingerprint density at radius 3 is 2.80 bits per heavy atom. The van der Waals surface area contributed by atoms with Crippen molar-refractivity contribution in [2.45, 2.75) is 10.1 Å². The predicted octanol–water partition coefficient (Wildman–Crippen LogP) is 1.08. The highest BCUT2D eigenvalue weighted by Gasteiger charge is 2.14. The molecule has 1 aromatic heterocycles. The van der Waals surface area contributed by atoms with Crippen molar-refractivity contribution in [2.24, 2.45) is 7.05 Å². The first-order valence-corrected chi connectivity index (χ1v) is 6.87. The van der Waals surface area contributed by atoms with Gasteiger partial charge in [0, 0.05) is 16.4 Å². The van der Waals surface area contributed by atoms with Crippen LogP contribution >= 0.6 is 27.7 Å². The molecular weight excluding hydrogens is 350 g/mol. The Labute approximate surface area is 124 Å². The minimum absolute atomic E-state index is 0.0739. The number of aryl methyl sites for hydroxylation is 1. The lowest BCUT2D eigenvalue weighted by atomic mass is 10.2. The fourth-order valence-electron chi connectivity index (χ4n) is 1.41. The molecule has 2 aromatic rings. The van der Waals surface area contributed by atoms with Gasteiger partial charge in [-0.1, -0.05) is 15.9 Å². The highest BCUT2D eigenvalue weighted by molar-refractivity contribution is 9.10. The Kier molecular flexibility index (Phi) is 4.09. The molecule has 0 aliphatic carbocycles. The number of rotatable bonds is 3. The summed E-state index contributed by atoms with van der Waals surface area (Å²) >= 11 is 4.18. The van der Waals surface area contributed by atoms with Gasteiger partial charge in [-0.05, 0) is 30.0 Å². The van der Waals surface area contributed by atoms with Gasteiger partial charge in [-0.2, -0.15) is 4.98 Å². The van der Waals surface area contributed by atoms with E-state index in [1.807, 2.05) is 0 Å². The smallest absolute Gasteiger partial charge is 0.339 e. The molecule has 0 atom stereocenters. The van der Waals surface area contributed by atoms with Crippen molar-refractivity contribution < 1.29 is 9.90 Å². The van der Waals surface area contributed by atoms with Crippen molar-refractivity contribution in [1.29, 1.82) is 0 Å². The van der Waals surface area contributed by atoms with E-state index in [4.69, 9.17) is 5.11 Å². The summed E-state index contributed by atoms with van der Waals surface area (Å²) in [5, 5.41) is 11.6. The van der Waals surface area contributed by atoms with Gasteiger partial charge < -0.3 is 5.11 Å². The van der Waals surface area contributed by atoms with Gasteiger partial charge >= 0.3 is 17.1 Å². The number of nitrogens with zero attached hydrogens (tertiary/aromatic N) is 2. The molecule has 0 bridgehead atoms. The van der Waals surface area contributed by atoms with E-state index in [1.165, 1.54) is 17.8 Å². The molecule has 104 valence electrons. The summed E-state index contributed by atoms with van der Waals surface area (Å²) in [6, 6.07) is 4.72. The molecule has 2 rings (SSSR count). The quantitative estimate of drug-likeness (QED) is 0.796. The van der Waals surface area contributed by atoms with Crippen molar-refractivity contribution in [3.05, 3.63) is 48.9 Å². The van der Waals surface area contributed by atoms with E-state index in [1.54, 1.807) is 12.1 Å². The molecule has 2 N–H and O–H groups in total. The summed E-state index contributed by atoms with van der Waals surface area (Å²) < 4.78 is 1.89. The number of H-pyrrole nitrogens is 1. The topological polar surface area (TPSA) is 105 Å². The molecule has 20 heavy (non-hydrogen) atoms. The molecule has 1 heterocycles. The molecule has 0 spiro atoms. The molecule has 1 aromatic carbocycles. The Bertz CT molecular complexity index is 799. The van der Waals surface area contributed by atoms with Crippen LogP contribution in [0.3, 0.4) is 0 Å². The molecule has 0 fully saturated rings. The second kappa shape index (κ2) is 5.63. The maximum absolute atomic E-state index is 11.2. The number of hydrogen-bond acceptors (Lipinski definition) is 5. The van der Waals surface area contributed by atoms with Gasteiger partial charge in [0.05, 0.1) is 5.56 Å². The van der Waals surface area contributed by atoms with Crippen LogP contribution in [0.5, 0.6) is 0 Å². The number of carbonyl (C=O) groups is 1. The largest absolute Gasteiger partial charge is 0.478 e. The maximum Gasteiger partial charge on any atom is 0.339 e. The van der Waals surface area contributed by atoms with E-state index in [9.17, 15) is 14.4 Å². The second-order valence-corrected chi connectivity index (χ2v) is 5.67. The number of benzene rings is 1. The third kappa shape index (κ3) is 2.99. The lowest BCUT2D eigenvalue weighted by Crippen LogP contribution is -2.33. The van der Waals surface area contributed by atoms with E-state index < -0.39 is 17.1 Å². The number of carboxylic acids is 1. The first kappa shape index (κ1) is 14.5.